The number of hydrogen-bond donors (Lipinski definition) is 3. The highest BCUT2D eigenvalue weighted by atomic mass is 32.1. The van der Waals surface area contributed by atoms with Gasteiger partial charge >= 0.3 is 0 Å². The van der Waals surface area contributed by atoms with Gasteiger partial charge in [-0.3, -0.25) is 0 Å². The van der Waals surface area contributed by atoms with Crippen molar-refractivity contribution in [1.29, 1.82) is 0 Å². The van der Waals surface area contributed by atoms with E-state index in [9.17, 15) is 5.11 Å². The maximum Gasteiger partial charge on any atom is 0.0862 e. The monoisotopic (exact) mass is 227 g/mol. The van der Waals surface area contributed by atoms with Gasteiger partial charge in [0.15, 0.2) is 0 Å². The van der Waals surface area contributed by atoms with E-state index in [0.29, 0.717) is 17.6 Å². The normalized spacial score (nSPS) is 54.6. The van der Waals surface area contributed by atoms with Gasteiger partial charge in [0.2, 0.25) is 0 Å². The van der Waals surface area contributed by atoms with E-state index in [2.05, 4.69) is 12.6 Å². The third-order valence-electron chi connectivity index (χ3n) is 5.24. The number of rotatable bonds is 2. The van der Waals surface area contributed by atoms with E-state index in [0.717, 1.165) is 11.8 Å². The molecule has 4 bridgehead atoms. The second kappa shape index (κ2) is 3.38. The number of aliphatic hydroxyl groups is 1. The summed E-state index contributed by atoms with van der Waals surface area (Å²) >= 11 is 4.27. The molecule has 3 N–H and O–H groups in total. The average Bonchev–Trinajstić information content (AvgIpc) is 2.23. The van der Waals surface area contributed by atoms with E-state index in [-0.39, 0.29) is 6.04 Å². The molecule has 0 aromatic heterocycles. The predicted molar refractivity (Wildman–Crippen MR) is 63.8 cm³/mol. The Morgan fingerprint density at radius 1 is 1.13 bits per heavy atom. The Morgan fingerprint density at radius 3 is 2.00 bits per heavy atom. The first-order valence-electron chi connectivity index (χ1n) is 6.23. The van der Waals surface area contributed by atoms with Gasteiger partial charge in [0.25, 0.3) is 0 Å². The van der Waals surface area contributed by atoms with Crippen molar-refractivity contribution in [2.24, 2.45) is 29.4 Å². The van der Waals surface area contributed by atoms with Crippen LogP contribution < -0.4 is 5.73 Å². The number of hydrogen-bond acceptors (Lipinski definition) is 3. The van der Waals surface area contributed by atoms with Crippen LogP contribution in [0.2, 0.25) is 0 Å². The Bertz CT molecular complexity index is 240. The van der Waals surface area contributed by atoms with Crippen molar-refractivity contribution in [3.8, 4) is 0 Å². The Labute approximate surface area is 97.0 Å². The Balaban J connectivity index is 1.91. The van der Waals surface area contributed by atoms with Crippen molar-refractivity contribution >= 4 is 12.6 Å². The van der Waals surface area contributed by atoms with Crippen LogP contribution in [0.3, 0.4) is 0 Å². The van der Waals surface area contributed by atoms with Crippen LogP contribution in [0, 0.1) is 23.7 Å². The number of thiol groups is 1. The molecule has 15 heavy (non-hydrogen) atoms. The molecule has 4 saturated carbocycles. The molecule has 3 heteroatoms. The molecule has 1 atom stereocenters. The van der Waals surface area contributed by atoms with E-state index < -0.39 is 5.60 Å². The molecule has 2 nitrogen and oxygen atoms in total. The minimum atomic E-state index is -0.588. The van der Waals surface area contributed by atoms with Crippen LogP contribution in [-0.4, -0.2) is 22.5 Å². The summed E-state index contributed by atoms with van der Waals surface area (Å²) < 4.78 is 0. The van der Waals surface area contributed by atoms with Crippen LogP contribution in [0.4, 0.5) is 0 Å². The maximum absolute atomic E-state index is 10.9. The molecule has 4 aliphatic rings. The fourth-order valence-electron chi connectivity index (χ4n) is 4.69. The molecule has 0 amide bonds. The van der Waals surface area contributed by atoms with Crippen molar-refractivity contribution in [2.45, 2.75) is 43.7 Å². The topological polar surface area (TPSA) is 46.2 Å². The summed E-state index contributed by atoms with van der Waals surface area (Å²) in [5, 5.41) is 10.9. The minimum Gasteiger partial charge on any atom is -0.388 e. The first-order chi connectivity index (χ1) is 7.14. The molecule has 0 aromatic rings. The molecule has 4 fully saturated rings. The van der Waals surface area contributed by atoms with Gasteiger partial charge < -0.3 is 10.8 Å². The minimum absolute atomic E-state index is 0.129. The molecule has 4 rings (SSSR count). The average molecular weight is 227 g/mol. The van der Waals surface area contributed by atoms with Crippen molar-refractivity contribution in [2.75, 3.05) is 5.75 Å². The van der Waals surface area contributed by atoms with Crippen LogP contribution >= 0.6 is 12.6 Å². The first-order valence-corrected chi connectivity index (χ1v) is 6.86. The molecule has 4 aliphatic carbocycles. The summed E-state index contributed by atoms with van der Waals surface area (Å²) in [6, 6.07) is -0.129. The third-order valence-corrected chi connectivity index (χ3v) is 5.63. The summed E-state index contributed by atoms with van der Waals surface area (Å²) in [6.45, 7) is 0. The summed E-state index contributed by atoms with van der Waals surface area (Å²) in [4.78, 5) is 0. The SMILES string of the molecule is NC(CS)C1(O)C2CC3CC(C2)CC1C3. The van der Waals surface area contributed by atoms with E-state index in [1.54, 1.807) is 0 Å². The standard InChI is InChI=1S/C12H21NOS/c13-11(6-15)12(14)9-2-7-1-8(4-9)5-10(12)3-7/h7-11,14-15H,1-6,13H2. The summed E-state index contributed by atoms with van der Waals surface area (Å²) in [7, 11) is 0. The van der Waals surface area contributed by atoms with Gasteiger partial charge in [-0.25, -0.2) is 0 Å². The quantitative estimate of drug-likeness (QED) is 0.625. The fraction of sp³-hybridized carbons (Fsp3) is 1.00. The van der Waals surface area contributed by atoms with Crippen LogP contribution in [-0.2, 0) is 0 Å². The zero-order chi connectivity index (χ0) is 10.6. The molecule has 0 spiro atoms. The molecule has 0 aromatic carbocycles. The second-order valence-electron chi connectivity index (χ2n) is 5.98. The van der Waals surface area contributed by atoms with Crippen molar-refractivity contribution in [3.05, 3.63) is 0 Å². The lowest BCUT2D eigenvalue weighted by molar-refractivity contribution is -0.180. The van der Waals surface area contributed by atoms with E-state index >= 15 is 0 Å². The van der Waals surface area contributed by atoms with E-state index in [1.165, 1.54) is 32.1 Å². The van der Waals surface area contributed by atoms with Crippen molar-refractivity contribution in [1.82, 2.24) is 0 Å². The Hall–Kier alpha value is 0.270. The van der Waals surface area contributed by atoms with Gasteiger partial charge in [0, 0.05) is 11.8 Å². The lowest BCUT2D eigenvalue weighted by atomic mass is 9.48. The van der Waals surface area contributed by atoms with Gasteiger partial charge in [-0.2, -0.15) is 12.6 Å². The maximum atomic E-state index is 10.9. The van der Waals surface area contributed by atoms with Gasteiger partial charge in [-0.05, 0) is 55.8 Å². The molecule has 0 saturated heterocycles. The van der Waals surface area contributed by atoms with Crippen LogP contribution in [0.1, 0.15) is 32.1 Å². The molecule has 0 aliphatic heterocycles. The highest BCUT2D eigenvalue weighted by molar-refractivity contribution is 7.80. The molecular weight excluding hydrogens is 206 g/mol. The van der Waals surface area contributed by atoms with Crippen LogP contribution in [0.25, 0.3) is 0 Å². The molecular formula is C12H21NOS. The lowest BCUT2D eigenvalue weighted by Gasteiger charge is -2.60. The molecule has 0 heterocycles. The number of nitrogens with two attached hydrogens (primary N) is 1. The third kappa shape index (κ3) is 1.32. The van der Waals surface area contributed by atoms with Crippen LogP contribution in [0.5, 0.6) is 0 Å². The van der Waals surface area contributed by atoms with Gasteiger partial charge in [0.05, 0.1) is 5.60 Å². The van der Waals surface area contributed by atoms with Crippen LogP contribution in [0.15, 0.2) is 0 Å². The van der Waals surface area contributed by atoms with Gasteiger partial charge in [-0.1, -0.05) is 0 Å². The molecule has 0 radical (unpaired) electrons. The second-order valence-corrected chi connectivity index (χ2v) is 6.35. The Kier molecular flexibility index (Phi) is 2.35. The van der Waals surface area contributed by atoms with Crippen molar-refractivity contribution < 1.29 is 5.11 Å². The summed E-state index contributed by atoms with van der Waals surface area (Å²) in [5.74, 6) is 3.32. The summed E-state index contributed by atoms with van der Waals surface area (Å²) in [6.07, 6.45) is 6.27. The zero-order valence-electron chi connectivity index (χ0n) is 9.10. The van der Waals surface area contributed by atoms with Gasteiger partial charge in [-0.15, -0.1) is 0 Å². The van der Waals surface area contributed by atoms with E-state index in [4.69, 9.17) is 5.73 Å². The van der Waals surface area contributed by atoms with Gasteiger partial charge in [0.1, 0.15) is 0 Å². The highest BCUT2D eigenvalue weighted by Crippen LogP contribution is 2.58. The molecule has 86 valence electrons. The predicted octanol–water partition coefficient (Wildman–Crippen LogP) is 1.43. The lowest BCUT2D eigenvalue weighted by Crippen LogP contribution is -2.66. The molecule has 1 unspecified atom stereocenters. The largest absolute Gasteiger partial charge is 0.388 e. The Morgan fingerprint density at radius 2 is 1.60 bits per heavy atom. The summed E-state index contributed by atoms with van der Waals surface area (Å²) in [5.41, 5.74) is 5.52. The highest BCUT2D eigenvalue weighted by Gasteiger charge is 2.58. The van der Waals surface area contributed by atoms with Crippen molar-refractivity contribution in [3.63, 3.8) is 0 Å². The zero-order valence-corrected chi connectivity index (χ0v) is 10.00. The fourth-order valence-corrected chi connectivity index (χ4v) is 4.98. The first kappa shape index (κ1) is 10.4. The smallest absolute Gasteiger partial charge is 0.0862 e. The van der Waals surface area contributed by atoms with E-state index in [1.807, 2.05) is 0 Å².